The van der Waals surface area contributed by atoms with Crippen molar-refractivity contribution >= 4 is 5.91 Å². The van der Waals surface area contributed by atoms with E-state index in [4.69, 9.17) is 9.47 Å². The van der Waals surface area contributed by atoms with Crippen LogP contribution in [0.25, 0.3) is 0 Å². The van der Waals surface area contributed by atoms with Crippen molar-refractivity contribution in [3.63, 3.8) is 0 Å². The summed E-state index contributed by atoms with van der Waals surface area (Å²) in [5, 5.41) is 7.19. The number of carbonyl (C=O) groups excluding carboxylic acids is 1. The third kappa shape index (κ3) is 4.63. The van der Waals surface area contributed by atoms with Crippen molar-refractivity contribution in [2.24, 2.45) is 0 Å². The predicted octanol–water partition coefficient (Wildman–Crippen LogP) is 3.01. The first-order valence-corrected chi connectivity index (χ1v) is 8.59. The molecule has 0 spiro atoms. The second-order valence-electron chi connectivity index (χ2n) is 6.08. The summed E-state index contributed by atoms with van der Waals surface area (Å²) in [5.41, 5.74) is 2.61. The van der Waals surface area contributed by atoms with Crippen LogP contribution < -0.4 is 14.8 Å². The highest BCUT2D eigenvalue weighted by Gasteiger charge is 2.12. The van der Waals surface area contributed by atoms with Crippen molar-refractivity contribution in [2.75, 3.05) is 7.11 Å². The third-order valence-electron chi connectivity index (χ3n) is 4.00. The number of amides is 1. The van der Waals surface area contributed by atoms with E-state index in [0.29, 0.717) is 23.9 Å². The summed E-state index contributed by atoms with van der Waals surface area (Å²) in [7, 11) is 1.58. The van der Waals surface area contributed by atoms with E-state index < -0.39 is 0 Å². The molecule has 3 aromatic rings. The van der Waals surface area contributed by atoms with Crippen LogP contribution in [-0.2, 0) is 17.9 Å². The Labute approximate surface area is 158 Å². The number of rotatable bonds is 7. The van der Waals surface area contributed by atoms with Crippen LogP contribution in [-0.4, -0.2) is 27.8 Å². The van der Waals surface area contributed by atoms with Gasteiger partial charge in [-0.05, 0) is 38.1 Å². The fourth-order valence-electron chi connectivity index (χ4n) is 2.68. The maximum atomic E-state index is 12.3. The Bertz CT molecular complexity index is 936. The van der Waals surface area contributed by atoms with Gasteiger partial charge in [0.15, 0.2) is 11.5 Å². The molecule has 140 valence electrons. The summed E-state index contributed by atoms with van der Waals surface area (Å²) >= 11 is 0. The molecule has 3 rings (SSSR count). The fourth-order valence-corrected chi connectivity index (χ4v) is 2.68. The highest BCUT2D eigenvalue weighted by Crippen LogP contribution is 2.31. The molecule has 0 aliphatic heterocycles. The van der Waals surface area contributed by atoms with Crippen LogP contribution >= 0.6 is 0 Å². The fraction of sp³-hybridized carbons (Fsp3) is 0.250. The molecule has 1 N–H and O–H groups in total. The monoisotopic (exact) mass is 366 g/mol. The number of aromatic nitrogens is 3. The Kier molecular flexibility index (Phi) is 5.71. The maximum Gasteiger partial charge on any atom is 0.242 e. The van der Waals surface area contributed by atoms with E-state index in [9.17, 15) is 4.79 Å². The van der Waals surface area contributed by atoms with Gasteiger partial charge in [-0.2, -0.15) is 5.10 Å². The summed E-state index contributed by atoms with van der Waals surface area (Å²) in [5.74, 6) is 1.47. The van der Waals surface area contributed by atoms with Crippen LogP contribution in [0.1, 0.15) is 17.0 Å². The molecule has 1 amide bonds. The molecule has 2 heterocycles. The molecule has 0 bridgehead atoms. The lowest BCUT2D eigenvalue weighted by atomic mass is 10.2. The van der Waals surface area contributed by atoms with Crippen molar-refractivity contribution in [1.82, 2.24) is 20.1 Å². The number of pyridine rings is 1. The summed E-state index contributed by atoms with van der Waals surface area (Å²) in [6.45, 7) is 4.30. The van der Waals surface area contributed by atoms with Gasteiger partial charge in [0.1, 0.15) is 6.54 Å². The van der Waals surface area contributed by atoms with Gasteiger partial charge in [-0.15, -0.1) is 0 Å². The van der Waals surface area contributed by atoms with Gasteiger partial charge in [0.05, 0.1) is 12.8 Å². The Morgan fingerprint density at radius 3 is 2.63 bits per heavy atom. The molecule has 0 fully saturated rings. The molecule has 2 aromatic heterocycles. The Hall–Kier alpha value is -3.35. The Morgan fingerprint density at radius 1 is 1.15 bits per heavy atom. The minimum Gasteiger partial charge on any atom is -0.493 e. The molecule has 7 nitrogen and oxygen atoms in total. The second kappa shape index (κ2) is 8.35. The molecule has 0 saturated carbocycles. The predicted molar refractivity (Wildman–Crippen MR) is 101 cm³/mol. The number of hydrogen-bond donors (Lipinski definition) is 1. The average Bonchev–Trinajstić information content (AvgIpc) is 2.98. The second-order valence-corrected chi connectivity index (χ2v) is 6.08. The minimum atomic E-state index is -0.131. The normalized spacial score (nSPS) is 10.5. The highest BCUT2D eigenvalue weighted by molar-refractivity contribution is 5.75. The molecule has 7 heteroatoms. The van der Waals surface area contributed by atoms with E-state index in [-0.39, 0.29) is 12.5 Å². The number of benzene rings is 1. The first-order chi connectivity index (χ1) is 13.1. The van der Waals surface area contributed by atoms with Gasteiger partial charge in [0.25, 0.3) is 0 Å². The van der Waals surface area contributed by atoms with Crippen molar-refractivity contribution in [1.29, 1.82) is 0 Å². The number of nitrogens with one attached hydrogen (secondary N) is 1. The first kappa shape index (κ1) is 18.4. The third-order valence-corrected chi connectivity index (χ3v) is 4.00. The Morgan fingerprint density at radius 2 is 1.93 bits per heavy atom. The SMILES string of the molecule is COc1ccccc1Oc1ncccc1CNC(=O)Cn1nc(C)cc1C. The summed E-state index contributed by atoms with van der Waals surface area (Å²) in [6, 6.07) is 12.9. The highest BCUT2D eigenvalue weighted by atomic mass is 16.5. The van der Waals surface area contributed by atoms with Gasteiger partial charge in [-0.1, -0.05) is 18.2 Å². The quantitative estimate of drug-likeness (QED) is 0.695. The molecule has 0 unspecified atom stereocenters. The van der Waals surface area contributed by atoms with E-state index >= 15 is 0 Å². The lowest BCUT2D eigenvalue weighted by molar-refractivity contribution is -0.122. The molecule has 0 aliphatic carbocycles. The topological polar surface area (TPSA) is 78.3 Å². The van der Waals surface area contributed by atoms with Gasteiger partial charge in [-0.25, -0.2) is 4.98 Å². The number of aryl methyl sites for hydroxylation is 2. The van der Waals surface area contributed by atoms with E-state index in [1.54, 1.807) is 30.1 Å². The minimum absolute atomic E-state index is 0.131. The standard InChI is InChI=1S/C20H22N4O3/c1-14-11-15(2)24(23-14)13-19(25)22-12-16-7-6-10-21-20(16)27-18-9-5-4-8-17(18)26-3/h4-11H,12-13H2,1-3H3,(H,22,25). The molecule has 0 saturated heterocycles. The smallest absolute Gasteiger partial charge is 0.242 e. The number of nitrogens with zero attached hydrogens (tertiary/aromatic N) is 3. The zero-order chi connectivity index (χ0) is 19.2. The number of methoxy groups -OCH3 is 1. The van der Waals surface area contributed by atoms with Gasteiger partial charge >= 0.3 is 0 Å². The molecule has 0 aliphatic rings. The Balaban J connectivity index is 1.67. The molecule has 1 aromatic carbocycles. The summed E-state index contributed by atoms with van der Waals surface area (Å²) < 4.78 is 12.9. The van der Waals surface area contributed by atoms with Crippen LogP contribution in [0.15, 0.2) is 48.7 Å². The molecular weight excluding hydrogens is 344 g/mol. The number of para-hydroxylation sites is 2. The molecular formula is C20H22N4O3. The zero-order valence-corrected chi connectivity index (χ0v) is 15.6. The lowest BCUT2D eigenvalue weighted by Gasteiger charge is -2.13. The van der Waals surface area contributed by atoms with Crippen LogP contribution in [0.4, 0.5) is 0 Å². The van der Waals surface area contributed by atoms with Crippen molar-refractivity contribution in [2.45, 2.75) is 26.9 Å². The van der Waals surface area contributed by atoms with Gasteiger partial charge in [-0.3, -0.25) is 9.48 Å². The number of carbonyl (C=O) groups is 1. The van der Waals surface area contributed by atoms with Crippen LogP contribution in [0.5, 0.6) is 17.4 Å². The lowest BCUT2D eigenvalue weighted by Crippen LogP contribution is -2.28. The molecule has 27 heavy (non-hydrogen) atoms. The number of ether oxygens (including phenoxy) is 2. The first-order valence-electron chi connectivity index (χ1n) is 8.59. The van der Waals surface area contributed by atoms with Crippen molar-refractivity contribution in [3.8, 4) is 17.4 Å². The average molecular weight is 366 g/mol. The van der Waals surface area contributed by atoms with Crippen LogP contribution in [0.2, 0.25) is 0 Å². The van der Waals surface area contributed by atoms with Gasteiger partial charge in [0.2, 0.25) is 11.8 Å². The maximum absolute atomic E-state index is 12.3. The largest absolute Gasteiger partial charge is 0.493 e. The molecule has 0 radical (unpaired) electrons. The van der Waals surface area contributed by atoms with Crippen molar-refractivity contribution < 1.29 is 14.3 Å². The molecule has 0 atom stereocenters. The van der Waals surface area contributed by atoms with Crippen molar-refractivity contribution in [3.05, 3.63) is 65.6 Å². The van der Waals surface area contributed by atoms with E-state index in [1.807, 2.05) is 44.2 Å². The van der Waals surface area contributed by atoms with E-state index in [2.05, 4.69) is 15.4 Å². The summed E-state index contributed by atoms with van der Waals surface area (Å²) in [6.07, 6.45) is 1.64. The van der Waals surface area contributed by atoms with E-state index in [0.717, 1.165) is 17.0 Å². The zero-order valence-electron chi connectivity index (χ0n) is 15.6. The van der Waals surface area contributed by atoms with E-state index in [1.165, 1.54) is 0 Å². The number of hydrogen-bond acceptors (Lipinski definition) is 5. The van der Waals surface area contributed by atoms with Crippen LogP contribution in [0.3, 0.4) is 0 Å². The van der Waals surface area contributed by atoms with Gasteiger partial charge in [0, 0.05) is 24.0 Å². The van der Waals surface area contributed by atoms with Crippen LogP contribution in [0, 0.1) is 13.8 Å². The summed E-state index contributed by atoms with van der Waals surface area (Å²) in [4.78, 5) is 16.5. The van der Waals surface area contributed by atoms with Gasteiger partial charge < -0.3 is 14.8 Å².